The number of ketones is 1. The molecule has 8 atom stereocenters. The topological polar surface area (TPSA) is 105 Å². The lowest BCUT2D eigenvalue weighted by Crippen LogP contribution is -2.70. The molecule has 0 aromatic carbocycles. The van der Waals surface area contributed by atoms with Crippen molar-refractivity contribution in [2.75, 3.05) is 6.61 Å². The van der Waals surface area contributed by atoms with E-state index in [9.17, 15) is 19.2 Å². The van der Waals surface area contributed by atoms with Crippen molar-refractivity contribution >= 4 is 23.7 Å². The van der Waals surface area contributed by atoms with E-state index in [1.807, 2.05) is 13.8 Å². The number of fused-ring (bicyclic) bond motifs is 1. The highest BCUT2D eigenvalue weighted by atomic mass is 16.7. The smallest absolute Gasteiger partial charge is 0.320 e. The highest BCUT2D eigenvalue weighted by Gasteiger charge is 2.79. The predicted molar refractivity (Wildman–Crippen MR) is 109 cm³/mol. The van der Waals surface area contributed by atoms with Crippen LogP contribution >= 0.6 is 0 Å². The minimum Gasteiger partial charge on any atom is -0.462 e. The van der Waals surface area contributed by atoms with Crippen LogP contribution in [-0.2, 0) is 38.1 Å². The molecule has 0 radical (unpaired) electrons. The van der Waals surface area contributed by atoms with Crippen LogP contribution < -0.4 is 0 Å². The highest BCUT2D eigenvalue weighted by Crippen LogP contribution is 2.71. The number of rotatable bonds is 2. The van der Waals surface area contributed by atoms with E-state index in [-0.39, 0.29) is 24.2 Å². The Hall–Kier alpha value is -2.22. The van der Waals surface area contributed by atoms with Crippen molar-refractivity contribution in [3.63, 3.8) is 0 Å². The van der Waals surface area contributed by atoms with Crippen LogP contribution in [0.5, 0.6) is 0 Å². The zero-order valence-corrected chi connectivity index (χ0v) is 19.0. The molecule has 8 nitrogen and oxygen atoms in total. The molecule has 5 aliphatic rings. The predicted octanol–water partition coefficient (Wildman–Crippen LogP) is 2.34. The summed E-state index contributed by atoms with van der Waals surface area (Å²) < 4.78 is 23.4. The number of carbonyl (C=O) groups excluding carboxylic acids is 4. The Morgan fingerprint density at radius 2 is 1.78 bits per heavy atom. The van der Waals surface area contributed by atoms with Gasteiger partial charge in [-0.25, -0.2) is 0 Å². The Balaban J connectivity index is 1.67. The molecule has 5 fully saturated rings. The van der Waals surface area contributed by atoms with Crippen LogP contribution in [0.15, 0.2) is 12.2 Å². The lowest BCUT2D eigenvalue weighted by molar-refractivity contribution is -0.258. The molecule has 2 bridgehead atoms. The summed E-state index contributed by atoms with van der Waals surface area (Å²) in [5, 5.41) is 0. The van der Waals surface area contributed by atoms with E-state index in [1.54, 1.807) is 0 Å². The lowest BCUT2D eigenvalue weighted by Gasteiger charge is -2.62. The van der Waals surface area contributed by atoms with Crippen molar-refractivity contribution in [3.8, 4) is 0 Å². The van der Waals surface area contributed by atoms with Crippen molar-refractivity contribution in [1.29, 1.82) is 0 Å². The molecule has 3 saturated carbocycles. The van der Waals surface area contributed by atoms with Crippen molar-refractivity contribution in [3.05, 3.63) is 12.2 Å². The molecule has 8 heteroatoms. The van der Waals surface area contributed by atoms with Crippen molar-refractivity contribution in [1.82, 2.24) is 0 Å². The Morgan fingerprint density at radius 3 is 2.44 bits per heavy atom. The third-order valence-electron chi connectivity index (χ3n) is 9.02. The molecule has 3 aliphatic carbocycles. The van der Waals surface area contributed by atoms with Gasteiger partial charge in [-0.15, -0.1) is 0 Å². The van der Waals surface area contributed by atoms with E-state index in [4.69, 9.17) is 18.9 Å². The van der Waals surface area contributed by atoms with Gasteiger partial charge in [-0.1, -0.05) is 20.4 Å². The molecule has 2 aliphatic heterocycles. The average molecular weight is 446 g/mol. The number of carbonyl (C=O) groups is 4. The zero-order valence-electron chi connectivity index (χ0n) is 19.0. The summed E-state index contributed by atoms with van der Waals surface area (Å²) in [6.07, 6.45) is 0.133. The average Bonchev–Trinajstić information content (AvgIpc) is 3.16. The summed E-state index contributed by atoms with van der Waals surface area (Å²) in [7, 11) is 0. The van der Waals surface area contributed by atoms with Gasteiger partial charge in [0.05, 0.1) is 6.61 Å². The first kappa shape index (κ1) is 21.6. The molecule has 0 N–H and O–H groups in total. The summed E-state index contributed by atoms with van der Waals surface area (Å²) in [4.78, 5) is 50.7. The summed E-state index contributed by atoms with van der Waals surface area (Å²) in [5.41, 5.74) is -2.12. The molecule has 3 unspecified atom stereocenters. The molecule has 174 valence electrons. The Bertz CT molecular complexity index is 936. The van der Waals surface area contributed by atoms with E-state index in [2.05, 4.69) is 6.58 Å². The van der Waals surface area contributed by atoms with Gasteiger partial charge in [0, 0.05) is 37.0 Å². The van der Waals surface area contributed by atoms with Gasteiger partial charge in [-0.05, 0) is 36.7 Å². The molecule has 2 saturated heterocycles. The van der Waals surface area contributed by atoms with E-state index in [0.717, 1.165) is 6.42 Å². The van der Waals surface area contributed by atoms with E-state index < -0.39 is 58.6 Å². The van der Waals surface area contributed by atoms with Gasteiger partial charge in [0.2, 0.25) is 6.29 Å². The standard InChI is InChI=1S/C24H30O8/c1-11-14-6-7-15-23(9-14,19(11)27)21(28)32-17-8-16(30-12(2)25)22(4,5)18-20(31-13(3)26)29-10-24(15,17)18/h14-18,20H,1,6-10H2,2-5H3/t14?,15-,16+,17+,18-,20+,23?,24?/m1/s1. The van der Waals surface area contributed by atoms with Crippen molar-refractivity contribution in [2.24, 2.45) is 34.0 Å². The van der Waals surface area contributed by atoms with Gasteiger partial charge in [-0.2, -0.15) is 0 Å². The van der Waals surface area contributed by atoms with Crippen LogP contribution in [0.25, 0.3) is 0 Å². The molecule has 0 aromatic heterocycles. The van der Waals surface area contributed by atoms with Crippen LogP contribution in [0.3, 0.4) is 0 Å². The Kier molecular flexibility index (Phi) is 4.49. The molecule has 2 heterocycles. The fraction of sp³-hybridized carbons (Fsp3) is 0.750. The highest BCUT2D eigenvalue weighted by molar-refractivity contribution is 6.15. The fourth-order valence-electron chi connectivity index (χ4n) is 7.83. The number of Topliss-reactive ketones (excluding diaryl/α,β-unsaturated/α-hetero) is 1. The fourth-order valence-corrected chi connectivity index (χ4v) is 7.83. The number of hydrogen-bond donors (Lipinski definition) is 0. The number of ether oxygens (including phenoxy) is 4. The van der Waals surface area contributed by atoms with Gasteiger partial charge in [0.25, 0.3) is 0 Å². The minimum atomic E-state index is -1.26. The van der Waals surface area contributed by atoms with Gasteiger partial charge in [-0.3, -0.25) is 19.2 Å². The van der Waals surface area contributed by atoms with Crippen LogP contribution in [0.2, 0.25) is 0 Å². The first-order chi connectivity index (χ1) is 15.0. The van der Waals surface area contributed by atoms with Crippen LogP contribution in [0.4, 0.5) is 0 Å². The maximum absolute atomic E-state index is 13.4. The van der Waals surface area contributed by atoms with Gasteiger partial charge in [0.15, 0.2) is 5.78 Å². The summed E-state index contributed by atoms with van der Waals surface area (Å²) in [6.45, 7) is 10.8. The first-order valence-electron chi connectivity index (χ1n) is 11.4. The monoisotopic (exact) mass is 446 g/mol. The summed E-state index contributed by atoms with van der Waals surface area (Å²) in [5.74, 6) is -2.36. The molecular formula is C24H30O8. The van der Waals surface area contributed by atoms with Crippen molar-refractivity contribution < 1.29 is 38.1 Å². The first-order valence-corrected chi connectivity index (χ1v) is 11.4. The van der Waals surface area contributed by atoms with E-state index in [0.29, 0.717) is 24.8 Å². The van der Waals surface area contributed by atoms with Gasteiger partial charge in [0.1, 0.15) is 17.6 Å². The second-order valence-corrected chi connectivity index (χ2v) is 10.8. The molecule has 5 rings (SSSR count). The van der Waals surface area contributed by atoms with E-state index >= 15 is 0 Å². The number of esters is 3. The summed E-state index contributed by atoms with van der Waals surface area (Å²) in [6, 6.07) is 0. The second-order valence-electron chi connectivity index (χ2n) is 10.8. The quantitative estimate of drug-likeness (QED) is 0.275. The van der Waals surface area contributed by atoms with Gasteiger partial charge < -0.3 is 18.9 Å². The molecule has 2 spiro atoms. The van der Waals surface area contributed by atoms with Crippen LogP contribution in [0.1, 0.15) is 53.4 Å². The molecular weight excluding hydrogens is 416 g/mol. The maximum atomic E-state index is 13.4. The van der Waals surface area contributed by atoms with Crippen LogP contribution in [-0.4, -0.2) is 48.8 Å². The Morgan fingerprint density at radius 1 is 1.09 bits per heavy atom. The maximum Gasteiger partial charge on any atom is 0.320 e. The number of allylic oxidation sites excluding steroid dienone is 1. The molecule has 0 aromatic rings. The lowest BCUT2D eigenvalue weighted by atomic mass is 9.43. The third-order valence-corrected chi connectivity index (χ3v) is 9.02. The third kappa shape index (κ3) is 2.47. The molecule has 0 amide bonds. The number of hydrogen-bond acceptors (Lipinski definition) is 8. The van der Waals surface area contributed by atoms with Crippen LogP contribution in [0, 0.1) is 34.0 Å². The van der Waals surface area contributed by atoms with Gasteiger partial charge >= 0.3 is 17.9 Å². The molecule has 32 heavy (non-hydrogen) atoms. The largest absolute Gasteiger partial charge is 0.462 e. The zero-order chi connectivity index (χ0) is 23.2. The van der Waals surface area contributed by atoms with Crippen molar-refractivity contribution in [2.45, 2.75) is 71.9 Å². The second kappa shape index (κ2) is 6.65. The SMILES string of the molecule is C=C1C(=O)C23CC1CC[C@H]2C12CO[C@@H](OC(C)=O)[C@@H]1C(C)(C)[C@@H](OC(C)=O)C[C@@H]2OC3=O. The minimum absolute atomic E-state index is 0.00492. The Labute approximate surface area is 187 Å². The normalized spacial score (nSPS) is 45.9. The summed E-state index contributed by atoms with van der Waals surface area (Å²) >= 11 is 0. The van der Waals surface area contributed by atoms with E-state index in [1.165, 1.54) is 13.8 Å².